The van der Waals surface area contributed by atoms with Gasteiger partial charge in [0.2, 0.25) is 5.91 Å². The predicted molar refractivity (Wildman–Crippen MR) is 62.3 cm³/mol. The molecule has 0 aromatic carbocycles. The summed E-state index contributed by atoms with van der Waals surface area (Å²) in [6, 6.07) is 0. The van der Waals surface area contributed by atoms with Gasteiger partial charge in [-0.25, -0.2) is 0 Å². The molecule has 0 saturated carbocycles. The van der Waals surface area contributed by atoms with E-state index in [9.17, 15) is 9.90 Å². The number of hydrogen-bond acceptors (Lipinski definition) is 2. The fourth-order valence-electron chi connectivity index (χ4n) is 1.44. The second kappa shape index (κ2) is 4.97. The van der Waals surface area contributed by atoms with Gasteiger partial charge in [0.25, 0.3) is 0 Å². The molecule has 0 aromatic rings. The van der Waals surface area contributed by atoms with E-state index in [1.807, 2.05) is 0 Å². The number of carbonyl (C=O) groups is 1. The SMILES string of the molecule is CC(C)(C)CCC(C)(C)CC(O)C(N)=O. The number of nitrogens with two attached hydrogens (primary N) is 1. The van der Waals surface area contributed by atoms with E-state index < -0.39 is 12.0 Å². The fraction of sp³-hybridized carbons (Fsp3) is 0.917. The number of rotatable bonds is 5. The van der Waals surface area contributed by atoms with Gasteiger partial charge in [-0.3, -0.25) is 4.79 Å². The molecule has 0 aliphatic rings. The lowest BCUT2D eigenvalue weighted by atomic mass is 9.77. The Morgan fingerprint density at radius 2 is 1.67 bits per heavy atom. The Labute approximate surface area is 93.0 Å². The van der Waals surface area contributed by atoms with Crippen LogP contribution in [0.3, 0.4) is 0 Å². The predicted octanol–water partition coefficient (Wildman–Crippen LogP) is 2.08. The zero-order chi connectivity index (χ0) is 12.3. The molecule has 0 saturated heterocycles. The lowest BCUT2D eigenvalue weighted by molar-refractivity contribution is -0.127. The Morgan fingerprint density at radius 3 is 2.00 bits per heavy atom. The number of hydrogen-bond donors (Lipinski definition) is 2. The summed E-state index contributed by atoms with van der Waals surface area (Å²) in [5, 5.41) is 9.42. The number of amides is 1. The molecule has 90 valence electrons. The van der Waals surface area contributed by atoms with Crippen LogP contribution in [-0.4, -0.2) is 17.1 Å². The van der Waals surface area contributed by atoms with Crippen LogP contribution in [0.5, 0.6) is 0 Å². The van der Waals surface area contributed by atoms with Gasteiger partial charge in [-0.1, -0.05) is 34.6 Å². The first kappa shape index (κ1) is 14.4. The summed E-state index contributed by atoms with van der Waals surface area (Å²) in [5.41, 5.74) is 5.28. The van der Waals surface area contributed by atoms with Crippen molar-refractivity contribution in [1.82, 2.24) is 0 Å². The first-order valence-electron chi connectivity index (χ1n) is 5.51. The molecule has 0 bridgehead atoms. The summed E-state index contributed by atoms with van der Waals surface area (Å²) in [6.07, 6.45) is 1.49. The molecule has 0 rings (SSSR count). The number of carbonyl (C=O) groups excluding carboxylic acids is 1. The summed E-state index contributed by atoms with van der Waals surface area (Å²) in [7, 11) is 0. The van der Waals surface area contributed by atoms with Crippen molar-refractivity contribution in [1.29, 1.82) is 0 Å². The van der Waals surface area contributed by atoms with Crippen LogP contribution in [0, 0.1) is 10.8 Å². The van der Waals surface area contributed by atoms with Crippen LogP contribution >= 0.6 is 0 Å². The van der Waals surface area contributed by atoms with Crippen molar-refractivity contribution in [3.63, 3.8) is 0 Å². The van der Waals surface area contributed by atoms with Crippen LogP contribution in [-0.2, 0) is 4.79 Å². The average molecular weight is 215 g/mol. The molecule has 15 heavy (non-hydrogen) atoms. The highest BCUT2D eigenvalue weighted by molar-refractivity contribution is 5.78. The van der Waals surface area contributed by atoms with Gasteiger partial charge in [-0.15, -0.1) is 0 Å². The maximum atomic E-state index is 10.8. The van der Waals surface area contributed by atoms with Crippen molar-refractivity contribution in [2.75, 3.05) is 0 Å². The first-order valence-corrected chi connectivity index (χ1v) is 5.51. The summed E-state index contributed by atoms with van der Waals surface area (Å²) in [6.45, 7) is 10.7. The number of aliphatic hydroxyl groups excluding tert-OH is 1. The second-order valence-corrected chi connectivity index (χ2v) is 6.35. The van der Waals surface area contributed by atoms with Gasteiger partial charge >= 0.3 is 0 Å². The second-order valence-electron chi connectivity index (χ2n) is 6.35. The Hall–Kier alpha value is -0.570. The third-order valence-corrected chi connectivity index (χ3v) is 2.63. The molecule has 0 aliphatic heterocycles. The molecule has 1 amide bonds. The molecule has 0 aliphatic carbocycles. The molecule has 0 spiro atoms. The summed E-state index contributed by atoms with van der Waals surface area (Å²) in [4.78, 5) is 10.8. The Morgan fingerprint density at radius 1 is 1.20 bits per heavy atom. The summed E-state index contributed by atoms with van der Waals surface area (Å²) < 4.78 is 0. The smallest absolute Gasteiger partial charge is 0.246 e. The van der Waals surface area contributed by atoms with E-state index in [0.29, 0.717) is 6.42 Å². The van der Waals surface area contributed by atoms with Crippen molar-refractivity contribution < 1.29 is 9.90 Å². The van der Waals surface area contributed by atoms with Crippen molar-refractivity contribution >= 4 is 5.91 Å². The molecule has 1 atom stereocenters. The molecule has 0 fully saturated rings. The van der Waals surface area contributed by atoms with Crippen LogP contribution in [0.4, 0.5) is 0 Å². The van der Waals surface area contributed by atoms with Crippen LogP contribution < -0.4 is 5.73 Å². The van der Waals surface area contributed by atoms with Gasteiger partial charge in [0.05, 0.1) is 0 Å². The lowest BCUT2D eigenvalue weighted by Gasteiger charge is -2.30. The number of primary amides is 1. The van der Waals surface area contributed by atoms with E-state index >= 15 is 0 Å². The highest BCUT2D eigenvalue weighted by atomic mass is 16.3. The van der Waals surface area contributed by atoms with Gasteiger partial charge < -0.3 is 10.8 Å². The molecule has 3 N–H and O–H groups in total. The Balaban J connectivity index is 4.13. The Bertz CT molecular complexity index is 216. The van der Waals surface area contributed by atoms with Crippen LogP contribution in [0.25, 0.3) is 0 Å². The van der Waals surface area contributed by atoms with E-state index in [1.165, 1.54) is 0 Å². The zero-order valence-electron chi connectivity index (χ0n) is 10.6. The molecular weight excluding hydrogens is 190 g/mol. The highest BCUT2D eigenvalue weighted by Crippen LogP contribution is 2.33. The first-order chi connectivity index (χ1) is 6.53. The van der Waals surface area contributed by atoms with E-state index in [0.717, 1.165) is 12.8 Å². The topological polar surface area (TPSA) is 63.3 Å². The van der Waals surface area contributed by atoms with Crippen molar-refractivity contribution in [3.8, 4) is 0 Å². The minimum absolute atomic E-state index is 0.0400. The molecule has 0 radical (unpaired) electrons. The van der Waals surface area contributed by atoms with Crippen molar-refractivity contribution in [2.24, 2.45) is 16.6 Å². The third kappa shape index (κ3) is 7.37. The van der Waals surface area contributed by atoms with E-state index in [1.54, 1.807) is 0 Å². The van der Waals surface area contributed by atoms with Crippen molar-refractivity contribution in [3.05, 3.63) is 0 Å². The molecule has 3 heteroatoms. The van der Waals surface area contributed by atoms with Gasteiger partial charge in [0.1, 0.15) is 6.10 Å². The average Bonchev–Trinajstić information content (AvgIpc) is 1.99. The normalized spacial score (nSPS) is 15.1. The van der Waals surface area contributed by atoms with Gasteiger partial charge in [0, 0.05) is 0 Å². The molecule has 0 heterocycles. The third-order valence-electron chi connectivity index (χ3n) is 2.63. The largest absolute Gasteiger partial charge is 0.383 e. The van der Waals surface area contributed by atoms with Gasteiger partial charge in [-0.2, -0.15) is 0 Å². The van der Waals surface area contributed by atoms with Gasteiger partial charge in [0.15, 0.2) is 0 Å². The van der Waals surface area contributed by atoms with E-state index in [-0.39, 0.29) is 10.8 Å². The Kier molecular flexibility index (Phi) is 4.78. The van der Waals surface area contributed by atoms with Crippen LogP contribution in [0.1, 0.15) is 53.9 Å². The fourth-order valence-corrected chi connectivity index (χ4v) is 1.44. The zero-order valence-corrected chi connectivity index (χ0v) is 10.6. The maximum Gasteiger partial charge on any atom is 0.246 e. The molecular formula is C12H25NO2. The van der Waals surface area contributed by atoms with Crippen LogP contribution in [0.2, 0.25) is 0 Å². The van der Waals surface area contributed by atoms with Gasteiger partial charge in [-0.05, 0) is 30.1 Å². The summed E-state index contributed by atoms with van der Waals surface area (Å²) in [5.74, 6) is -0.626. The quantitative estimate of drug-likeness (QED) is 0.737. The highest BCUT2D eigenvalue weighted by Gasteiger charge is 2.26. The standard InChI is InChI=1S/C12H25NO2/c1-11(2,3)6-7-12(4,5)8-9(14)10(13)15/h9,14H,6-8H2,1-5H3,(H2,13,15). The van der Waals surface area contributed by atoms with E-state index in [4.69, 9.17) is 5.73 Å². The van der Waals surface area contributed by atoms with Crippen molar-refractivity contribution in [2.45, 2.75) is 60.0 Å². The maximum absolute atomic E-state index is 10.8. The lowest BCUT2D eigenvalue weighted by Crippen LogP contribution is -2.33. The summed E-state index contributed by atoms with van der Waals surface area (Å²) >= 11 is 0. The van der Waals surface area contributed by atoms with E-state index in [2.05, 4.69) is 34.6 Å². The minimum atomic E-state index is -1.01. The van der Waals surface area contributed by atoms with Crippen LogP contribution in [0.15, 0.2) is 0 Å². The number of aliphatic hydroxyl groups is 1. The molecule has 1 unspecified atom stereocenters. The molecule has 0 aromatic heterocycles. The molecule has 3 nitrogen and oxygen atoms in total. The monoisotopic (exact) mass is 215 g/mol. The minimum Gasteiger partial charge on any atom is -0.383 e.